The second-order valence-electron chi connectivity index (χ2n) is 6.96. The number of hydrogen-bond donors (Lipinski definition) is 0. The largest absolute Gasteiger partial charge is 0.447 e. The van der Waals surface area contributed by atoms with Gasteiger partial charge in [-0.1, -0.05) is 12.1 Å². The van der Waals surface area contributed by atoms with Crippen LogP contribution in [0.5, 0.6) is 0 Å². The second-order valence-corrected chi connectivity index (χ2v) is 6.96. The number of rotatable bonds is 3. The number of aromatic nitrogens is 2. The van der Waals surface area contributed by atoms with E-state index < -0.39 is 0 Å². The molecule has 1 saturated heterocycles. The van der Waals surface area contributed by atoms with Crippen LogP contribution in [-0.4, -0.2) is 46.4 Å². The molecular weight excluding hydrogens is 332 g/mol. The maximum absolute atomic E-state index is 12.8. The number of amides is 2. The summed E-state index contributed by atoms with van der Waals surface area (Å²) in [5, 5.41) is 4.26. The number of nitrogens with zero attached hydrogens (tertiary/aromatic N) is 4. The van der Waals surface area contributed by atoms with Gasteiger partial charge in [-0.15, -0.1) is 0 Å². The van der Waals surface area contributed by atoms with Gasteiger partial charge in [0.15, 0.2) is 0 Å². The Balaban J connectivity index is 1.56. The van der Waals surface area contributed by atoms with Gasteiger partial charge in [0.25, 0.3) is 5.91 Å². The van der Waals surface area contributed by atoms with E-state index in [-0.39, 0.29) is 18.0 Å². The quantitative estimate of drug-likeness (QED) is 0.850. The molecule has 1 aromatic heterocycles. The maximum atomic E-state index is 12.8. The summed E-state index contributed by atoms with van der Waals surface area (Å²) < 4.78 is 6.86. The van der Waals surface area contributed by atoms with Gasteiger partial charge in [-0.2, -0.15) is 5.10 Å². The molecule has 26 heavy (non-hydrogen) atoms. The van der Waals surface area contributed by atoms with E-state index in [0.717, 1.165) is 23.2 Å². The van der Waals surface area contributed by atoms with Crippen molar-refractivity contribution in [3.63, 3.8) is 0 Å². The lowest BCUT2D eigenvalue weighted by molar-refractivity contribution is 0.0734. The van der Waals surface area contributed by atoms with Crippen LogP contribution in [0.3, 0.4) is 0 Å². The van der Waals surface area contributed by atoms with E-state index in [1.54, 1.807) is 22.0 Å². The van der Waals surface area contributed by atoms with Crippen LogP contribution in [0.2, 0.25) is 0 Å². The Morgan fingerprint density at radius 1 is 1.27 bits per heavy atom. The van der Waals surface area contributed by atoms with Crippen molar-refractivity contribution in [3.05, 3.63) is 47.3 Å². The summed E-state index contributed by atoms with van der Waals surface area (Å²) in [4.78, 5) is 28.3. The number of carbonyl (C=O) groups excluding carboxylic acids is 2. The van der Waals surface area contributed by atoms with Crippen molar-refractivity contribution in [2.45, 2.75) is 32.9 Å². The SMILES string of the molecule is CC(C)n1cc(C(=O)N2CCc3c(cccc3N3CCOC3=O)C2)cn1. The summed E-state index contributed by atoms with van der Waals surface area (Å²) in [6, 6.07) is 6.14. The molecule has 7 heteroatoms. The van der Waals surface area contributed by atoms with Gasteiger partial charge in [-0.25, -0.2) is 4.79 Å². The van der Waals surface area contributed by atoms with Crippen molar-refractivity contribution < 1.29 is 14.3 Å². The first kappa shape index (κ1) is 16.6. The minimum Gasteiger partial charge on any atom is -0.447 e. The van der Waals surface area contributed by atoms with Crippen LogP contribution in [0.4, 0.5) is 10.5 Å². The van der Waals surface area contributed by atoms with Crippen molar-refractivity contribution >= 4 is 17.7 Å². The number of hydrogen-bond acceptors (Lipinski definition) is 4. The van der Waals surface area contributed by atoms with Gasteiger partial charge in [-0.3, -0.25) is 14.4 Å². The van der Waals surface area contributed by atoms with Crippen LogP contribution >= 0.6 is 0 Å². The highest BCUT2D eigenvalue weighted by Crippen LogP contribution is 2.31. The number of carbonyl (C=O) groups is 2. The first-order valence-corrected chi connectivity index (χ1v) is 8.93. The van der Waals surface area contributed by atoms with Gasteiger partial charge in [0.1, 0.15) is 6.61 Å². The Morgan fingerprint density at radius 3 is 2.81 bits per heavy atom. The van der Waals surface area contributed by atoms with Gasteiger partial charge >= 0.3 is 6.09 Å². The Morgan fingerprint density at radius 2 is 2.12 bits per heavy atom. The Labute approximate surface area is 152 Å². The zero-order valence-electron chi connectivity index (χ0n) is 15.0. The summed E-state index contributed by atoms with van der Waals surface area (Å²) in [5.41, 5.74) is 3.73. The van der Waals surface area contributed by atoms with Crippen LogP contribution in [0, 0.1) is 0 Å². The fraction of sp³-hybridized carbons (Fsp3) is 0.421. The van der Waals surface area contributed by atoms with Crippen molar-refractivity contribution in [1.29, 1.82) is 0 Å². The fourth-order valence-corrected chi connectivity index (χ4v) is 3.54. The topological polar surface area (TPSA) is 67.7 Å². The third-order valence-corrected chi connectivity index (χ3v) is 4.96. The smallest absolute Gasteiger partial charge is 0.414 e. The molecule has 0 bridgehead atoms. The second kappa shape index (κ2) is 6.48. The lowest BCUT2D eigenvalue weighted by Crippen LogP contribution is -2.37. The van der Waals surface area contributed by atoms with Crippen LogP contribution in [0.1, 0.15) is 41.4 Å². The molecule has 1 aromatic carbocycles. The Bertz CT molecular complexity index is 858. The van der Waals surface area contributed by atoms with E-state index in [1.807, 2.05) is 36.9 Å². The number of anilines is 1. The standard InChI is InChI=1S/C19H22N4O3/c1-13(2)23-12-15(10-20-23)18(24)21-7-6-16-14(11-21)4-3-5-17(16)22-8-9-26-19(22)25/h3-5,10,12-13H,6-9,11H2,1-2H3. The predicted molar refractivity (Wildman–Crippen MR) is 96.2 cm³/mol. The molecule has 0 unspecified atom stereocenters. The highest BCUT2D eigenvalue weighted by Gasteiger charge is 2.30. The number of benzene rings is 1. The zero-order chi connectivity index (χ0) is 18.3. The lowest BCUT2D eigenvalue weighted by Gasteiger charge is -2.31. The molecule has 1 fully saturated rings. The van der Waals surface area contributed by atoms with Gasteiger partial charge in [0, 0.05) is 25.3 Å². The van der Waals surface area contributed by atoms with E-state index >= 15 is 0 Å². The molecule has 136 valence electrons. The van der Waals surface area contributed by atoms with Crippen LogP contribution in [0.15, 0.2) is 30.6 Å². The number of cyclic esters (lactones) is 1. The third-order valence-electron chi connectivity index (χ3n) is 4.96. The molecular formula is C19H22N4O3. The highest BCUT2D eigenvalue weighted by atomic mass is 16.6. The summed E-state index contributed by atoms with van der Waals surface area (Å²) >= 11 is 0. The normalized spacial score (nSPS) is 16.8. The van der Waals surface area contributed by atoms with Gasteiger partial charge in [-0.05, 0) is 37.5 Å². The van der Waals surface area contributed by atoms with Crippen LogP contribution in [-0.2, 0) is 17.7 Å². The molecule has 2 amide bonds. The van der Waals surface area contributed by atoms with Gasteiger partial charge in [0.05, 0.1) is 24.0 Å². The maximum Gasteiger partial charge on any atom is 0.414 e. The van der Waals surface area contributed by atoms with Crippen molar-refractivity contribution in [2.75, 3.05) is 24.6 Å². The summed E-state index contributed by atoms with van der Waals surface area (Å²) in [6.07, 6.45) is 3.87. The molecule has 3 heterocycles. The summed E-state index contributed by atoms with van der Waals surface area (Å²) in [5.74, 6) is -0.00599. The molecule has 0 aliphatic carbocycles. The lowest BCUT2D eigenvalue weighted by atomic mass is 9.97. The molecule has 4 rings (SSSR count). The molecule has 0 N–H and O–H groups in total. The van der Waals surface area contributed by atoms with Crippen molar-refractivity contribution in [1.82, 2.24) is 14.7 Å². The summed E-state index contributed by atoms with van der Waals surface area (Å²) in [7, 11) is 0. The average molecular weight is 354 g/mol. The van der Waals surface area contributed by atoms with E-state index in [0.29, 0.717) is 31.8 Å². The molecule has 0 atom stereocenters. The highest BCUT2D eigenvalue weighted by molar-refractivity contribution is 5.94. The van der Waals surface area contributed by atoms with Gasteiger partial charge < -0.3 is 9.64 Å². The molecule has 0 radical (unpaired) electrons. The number of ether oxygens (including phenoxy) is 1. The van der Waals surface area contributed by atoms with Crippen molar-refractivity contribution in [2.24, 2.45) is 0 Å². The Hall–Kier alpha value is -2.83. The predicted octanol–water partition coefficient (Wildman–Crippen LogP) is 2.62. The average Bonchev–Trinajstić information content (AvgIpc) is 3.29. The van der Waals surface area contributed by atoms with E-state index in [1.165, 1.54) is 0 Å². The first-order chi connectivity index (χ1) is 12.5. The summed E-state index contributed by atoms with van der Waals surface area (Å²) in [6.45, 7) is 6.22. The molecule has 2 aliphatic rings. The Kier molecular flexibility index (Phi) is 4.14. The molecule has 0 saturated carbocycles. The molecule has 7 nitrogen and oxygen atoms in total. The van der Waals surface area contributed by atoms with Crippen LogP contribution in [0.25, 0.3) is 0 Å². The third kappa shape index (κ3) is 2.83. The van der Waals surface area contributed by atoms with Gasteiger partial charge in [0.2, 0.25) is 0 Å². The molecule has 2 aromatic rings. The van der Waals surface area contributed by atoms with E-state index in [4.69, 9.17) is 4.74 Å². The van der Waals surface area contributed by atoms with Crippen molar-refractivity contribution in [3.8, 4) is 0 Å². The minimum atomic E-state index is -0.294. The molecule has 2 aliphatic heterocycles. The molecule has 0 spiro atoms. The first-order valence-electron chi connectivity index (χ1n) is 8.93. The zero-order valence-corrected chi connectivity index (χ0v) is 15.0. The van der Waals surface area contributed by atoms with E-state index in [2.05, 4.69) is 5.10 Å². The van der Waals surface area contributed by atoms with E-state index in [9.17, 15) is 9.59 Å². The fourth-order valence-electron chi connectivity index (χ4n) is 3.54. The van der Waals surface area contributed by atoms with Crippen LogP contribution < -0.4 is 4.90 Å². The monoisotopic (exact) mass is 354 g/mol. The number of fused-ring (bicyclic) bond motifs is 1. The minimum absolute atomic E-state index is 0.00599.